The van der Waals surface area contributed by atoms with Crippen LogP contribution in [0, 0.1) is 6.92 Å². The Bertz CT molecular complexity index is 610. The Balaban J connectivity index is 2.10. The van der Waals surface area contributed by atoms with E-state index >= 15 is 0 Å². The summed E-state index contributed by atoms with van der Waals surface area (Å²) in [4.78, 5) is 12.5. The van der Waals surface area contributed by atoms with Crippen LogP contribution >= 0.6 is 11.8 Å². The topological polar surface area (TPSA) is 77.5 Å². The molecule has 1 amide bonds. The van der Waals surface area contributed by atoms with E-state index < -0.39 is 5.91 Å². The molecule has 6 heteroatoms. The Morgan fingerprint density at radius 3 is 2.90 bits per heavy atom. The molecule has 0 saturated heterocycles. The van der Waals surface area contributed by atoms with Gasteiger partial charge in [0.05, 0.1) is 12.9 Å². The Morgan fingerprint density at radius 1 is 1.45 bits per heavy atom. The summed E-state index contributed by atoms with van der Waals surface area (Å²) < 4.78 is 10.8. The largest absolute Gasteiger partial charge is 0.496 e. The molecule has 20 heavy (non-hydrogen) atoms. The number of methoxy groups -OCH3 is 1. The number of nitrogens with two attached hydrogens (primary N) is 1. The number of hydrazine groups is 1. The minimum atomic E-state index is -0.420. The number of thioether (sulfide) groups is 1. The fourth-order valence-corrected chi connectivity index (χ4v) is 2.71. The Hall–Kier alpha value is -1.92. The summed E-state index contributed by atoms with van der Waals surface area (Å²) in [6.45, 7) is 1.81. The second kappa shape index (κ2) is 6.49. The van der Waals surface area contributed by atoms with Crippen molar-refractivity contribution in [3.8, 4) is 5.75 Å². The Kier molecular flexibility index (Phi) is 4.70. The molecule has 106 valence electrons. The highest BCUT2D eigenvalue weighted by molar-refractivity contribution is 7.98. The van der Waals surface area contributed by atoms with E-state index in [9.17, 15) is 4.79 Å². The molecule has 0 aliphatic heterocycles. The lowest BCUT2D eigenvalue weighted by Gasteiger charge is -2.06. The zero-order valence-electron chi connectivity index (χ0n) is 11.3. The van der Waals surface area contributed by atoms with E-state index in [1.165, 1.54) is 0 Å². The molecule has 2 aromatic rings. The maximum absolute atomic E-state index is 11.5. The summed E-state index contributed by atoms with van der Waals surface area (Å²) in [7, 11) is 1.64. The molecule has 3 N–H and O–H groups in total. The van der Waals surface area contributed by atoms with Gasteiger partial charge in [0.1, 0.15) is 11.5 Å². The van der Waals surface area contributed by atoms with Gasteiger partial charge in [-0.25, -0.2) is 5.84 Å². The van der Waals surface area contributed by atoms with Crippen LogP contribution in [0.15, 0.2) is 39.6 Å². The number of para-hydroxylation sites is 1. The van der Waals surface area contributed by atoms with Gasteiger partial charge in [-0.05, 0) is 25.1 Å². The molecule has 1 aromatic heterocycles. The van der Waals surface area contributed by atoms with Crippen LogP contribution in [0.3, 0.4) is 0 Å². The number of carbonyl (C=O) groups excluding carboxylic acids is 1. The van der Waals surface area contributed by atoms with Crippen molar-refractivity contribution in [3.05, 3.63) is 47.4 Å². The van der Waals surface area contributed by atoms with E-state index in [1.54, 1.807) is 18.9 Å². The SMILES string of the molecule is COc1ccccc1SCc1cc(C)c(C(=O)NN)o1. The zero-order chi connectivity index (χ0) is 14.5. The molecule has 2 rings (SSSR count). The van der Waals surface area contributed by atoms with Gasteiger partial charge in [-0.3, -0.25) is 10.2 Å². The van der Waals surface area contributed by atoms with Gasteiger partial charge in [-0.2, -0.15) is 0 Å². The molecule has 0 aliphatic carbocycles. The first-order valence-corrected chi connectivity index (χ1v) is 7.00. The van der Waals surface area contributed by atoms with Crippen molar-refractivity contribution in [1.29, 1.82) is 0 Å². The van der Waals surface area contributed by atoms with Gasteiger partial charge in [0.25, 0.3) is 0 Å². The number of carbonyl (C=O) groups is 1. The second-order valence-electron chi connectivity index (χ2n) is 4.14. The van der Waals surface area contributed by atoms with Gasteiger partial charge < -0.3 is 9.15 Å². The Labute approximate surface area is 121 Å². The van der Waals surface area contributed by atoms with E-state index in [0.29, 0.717) is 5.75 Å². The molecule has 1 heterocycles. The summed E-state index contributed by atoms with van der Waals surface area (Å²) in [5.74, 6) is 7.09. The second-order valence-corrected chi connectivity index (χ2v) is 5.16. The van der Waals surface area contributed by atoms with Crippen LogP contribution in [-0.4, -0.2) is 13.0 Å². The predicted octanol–water partition coefficient (Wildman–Crippen LogP) is 2.49. The van der Waals surface area contributed by atoms with Gasteiger partial charge in [0, 0.05) is 10.5 Å². The van der Waals surface area contributed by atoms with Crippen molar-refractivity contribution in [2.75, 3.05) is 7.11 Å². The minimum Gasteiger partial charge on any atom is -0.496 e. The van der Waals surface area contributed by atoms with Crippen molar-refractivity contribution < 1.29 is 13.9 Å². The highest BCUT2D eigenvalue weighted by Gasteiger charge is 2.15. The maximum Gasteiger partial charge on any atom is 0.301 e. The van der Waals surface area contributed by atoms with Gasteiger partial charge in [-0.1, -0.05) is 12.1 Å². The number of ether oxygens (including phenoxy) is 1. The van der Waals surface area contributed by atoms with Crippen molar-refractivity contribution >= 4 is 17.7 Å². The van der Waals surface area contributed by atoms with Crippen molar-refractivity contribution in [2.45, 2.75) is 17.6 Å². The summed E-state index contributed by atoms with van der Waals surface area (Å²) in [5.41, 5.74) is 2.84. The quantitative estimate of drug-likeness (QED) is 0.383. The molecule has 0 bridgehead atoms. The fraction of sp³-hybridized carbons (Fsp3) is 0.214. The summed E-state index contributed by atoms with van der Waals surface area (Å²) in [6, 6.07) is 9.60. The van der Waals surface area contributed by atoms with Gasteiger partial charge in [-0.15, -0.1) is 11.8 Å². The lowest BCUT2D eigenvalue weighted by atomic mass is 10.2. The lowest BCUT2D eigenvalue weighted by molar-refractivity contribution is 0.0923. The van der Waals surface area contributed by atoms with Crippen LogP contribution < -0.4 is 16.0 Å². The van der Waals surface area contributed by atoms with Gasteiger partial charge in [0.2, 0.25) is 0 Å². The van der Waals surface area contributed by atoms with E-state index in [-0.39, 0.29) is 5.76 Å². The third-order valence-corrected chi connectivity index (χ3v) is 3.82. The summed E-state index contributed by atoms with van der Waals surface area (Å²) in [5, 5.41) is 0. The van der Waals surface area contributed by atoms with Crippen LogP contribution in [0.2, 0.25) is 0 Å². The van der Waals surface area contributed by atoms with Gasteiger partial charge in [0.15, 0.2) is 5.76 Å². The number of nitrogens with one attached hydrogen (secondary N) is 1. The molecule has 0 aliphatic rings. The van der Waals surface area contributed by atoms with Crippen LogP contribution in [-0.2, 0) is 5.75 Å². The van der Waals surface area contributed by atoms with Crippen LogP contribution in [0.4, 0.5) is 0 Å². The minimum absolute atomic E-state index is 0.253. The molecular formula is C14H16N2O3S. The van der Waals surface area contributed by atoms with Crippen LogP contribution in [0.1, 0.15) is 21.9 Å². The van der Waals surface area contributed by atoms with Crippen molar-refractivity contribution in [3.63, 3.8) is 0 Å². The van der Waals surface area contributed by atoms with Crippen LogP contribution in [0.25, 0.3) is 0 Å². The lowest BCUT2D eigenvalue weighted by Crippen LogP contribution is -2.30. The number of nitrogen functional groups attached to an aromatic ring is 1. The first-order chi connectivity index (χ1) is 9.65. The number of furan rings is 1. The highest BCUT2D eigenvalue weighted by Crippen LogP contribution is 2.32. The predicted molar refractivity (Wildman–Crippen MR) is 77.7 cm³/mol. The molecule has 0 spiro atoms. The average Bonchev–Trinajstić information content (AvgIpc) is 2.85. The number of benzene rings is 1. The monoisotopic (exact) mass is 292 g/mol. The van der Waals surface area contributed by atoms with E-state index in [2.05, 4.69) is 5.43 Å². The number of rotatable bonds is 5. The smallest absolute Gasteiger partial charge is 0.301 e. The van der Waals surface area contributed by atoms with Gasteiger partial charge >= 0.3 is 5.91 Å². The summed E-state index contributed by atoms with van der Waals surface area (Å²) >= 11 is 1.58. The molecule has 1 aromatic carbocycles. The van der Waals surface area contributed by atoms with Crippen molar-refractivity contribution in [1.82, 2.24) is 5.43 Å². The Morgan fingerprint density at radius 2 is 2.20 bits per heavy atom. The average molecular weight is 292 g/mol. The third kappa shape index (κ3) is 3.15. The maximum atomic E-state index is 11.5. The van der Waals surface area contributed by atoms with E-state index in [0.717, 1.165) is 22.0 Å². The number of hydrogen-bond acceptors (Lipinski definition) is 5. The number of amides is 1. The molecule has 0 unspecified atom stereocenters. The first kappa shape index (κ1) is 14.5. The molecule has 5 nitrogen and oxygen atoms in total. The third-order valence-electron chi connectivity index (χ3n) is 2.75. The molecule has 0 atom stereocenters. The molecule has 0 saturated carbocycles. The number of aryl methyl sites for hydroxylation is 1. The van der Waals surface area contributed by atoms with E-state index in [1.807, 2.05) is 37.3 Å². The normalized spacial score (nSPS) is 10.3. The highest BCUT2D eigenvalue weighted by atomic mass is 32.2. The number of hydrogen-bond donors (Lipinski definition) is 2. The molecular weight excluding hydrogens is 276 g/mol. The first-order valence-electron chi connectivity index (χ1n) is 6.01. The van der Waals surface area contributed by atoms with Crippen LogP contribution in [0.5, 0.6) is 5.75 Å². The fourth-order valence-electron chi connectivity index (χ4n) is 1.80. The molecule has 0 fully saturated rings. The molecule has 0 radical (unpaired) electrons. The summed E-state index contributed by atoms with van der Waals surface area (Å²) in [6.07, 6.45) is 0. The zero-order valence-corrected chi connectivity index (χ0v) is 12.1. The van der Waals surface area contributed by atoms with Crippen molar-refractivity contribution in [2.24, 2.45) is 5.84 Å². The standard InChI is InChI=1S/C14H16N2O3S/c1-9-7-10(19-13(9)14(17)16-15)8-20-12-6-4-3-5-11(12)18-2/h3-7H,8,15H2,1-2H3,(H,16,17). The van der Waals surface area contributed by atoms with E-state index in [4.69, 9.17) is 15.0 Å².